The number of hydrogen-bond acceptors (Lipinski definition) is 7. The van der Waals surface area contributed by atoms with E-state index in [2.05, 4.69) is 22.6 Å². The average molecular weight is 467 g/mol. The number of fused-ring (bicyclic) bond motifs is 1. The molecule has 0 saturated carbocycles. The van der Waals surface area contributed by atoms with Crippen LogP contribution in [0, 0.1) is 11.3 Å². The van der Waals surface area contributed by atoms with Crippen LogP contribution in [0.2, 0.25) is 0 Å². The monoisotopic (exact) mass is 466 g/mol. The van der Waals surface area contributed by atoms with Crippen LogP contribution in [0.4, 0.5) is 5.82 Å². The number of hydrogen-bond donors (Lipinski definition) is 1. The van der Waals surface area contributed by atoms with E-state index in [0.717, 1.165) is 12.8 Å². The van der Waals surface area contributed by atoms with E-state index in [1.807, 2.05) is 12.1 Å². The highest BCUT2D eigenvalue weighted by molar-refractivity contribution is 6.02. The van der Waals surface area contributed by atoms with Crippen molar-refractivity contribution >= 4 is 22.6 Å². The van der Waals surface area contributed by atoms with E-state index in [1.54, 1.807) is 32.7 Å². The predicted molar refractivity (Wildman–Crippen MR) is 131 cm³/mol. The number of amides is 1. The minimum atomic E-state index is -0.133. The molecule has 1 aliphatic rings. The van der Waals surface area contributed by atoms with Crippen LogP contribution in [0.5, 0.6) is 0 Å². The molecule has 0 unspecified atom stereocenters. The van der Waals surface area contributed by atoms with Crippen molar-refractivity contribution in [2.75, 3.05) is 18.8 Å². The van der Waals surface area contributed by atoms with Crippen LogP contribution < -0.4 is 11.2 Å². The Kier molecular flexibility index (Phi) is 5.58. The highest BCUT2D eigenvalue weighted by atomic mass is 16.2. The normalized spacial score (nSPS) is 15.6. The molecule has 174 valence electrons. The van der Waals surface area contributed by atoms with Crippen molar-refractivity contribution in [2.45, 2.75) is 18.9 Å². The lowest BCUT2D eigenvalue weighted by molar-refractivity contribution is -0.127. The highest BCUT2D eigenvalue weighted by Crippen LogP contribution is 2.36. The van der Waals surface area contributed by atoms with Gasteiger partial charge in [-0.15, -0.1) is 0 Å². The molecule has 1 fully saturated rings. The van der Waals surface area contributed by atoms with Crippen LogP contribution in [-0.4, -0.2) is 48.2 Å². The maximum Gasteiger partial charge on any atom is 0.246 e. The van der Waals surface area contributed by atoms with E-state index in [1.165, 1.54) is 24.4 Å². The second-order valence-electron chi connectivity index (χ2n) is 8.32. The van der Waals surface area contributed by atoms with E-state index in [0.29, 0.717) is 46.6 Å². The zero-order valence-corrected chi connectivity index (χ0v) is 18.8. The molecule has 1 atom stereocenters. The minimum Gasteiger partial charge on any atom is -0.383 e. The lowest BCUT2D eigenvalue weighted by Gasteiger charge is -2.32. The van der Waals surface area contributed by atoms with Crippen LogP contribution in [0.25, 0.3) is 28.0 Å². The lowest BCUT2D eigenvalue weighted by atomic mass is 10.0. The Morgan fingerprint density at radius 1 is 1.20 bits per heavy atom. The van der Waals surface area contributed by atoms with Gasteiger partial charge in [0.25, 0.3) is 0 Å². The van der Waals surface area contributed by atoms with Crippen molar-refractivity contribution in [3.63, 3.8) is 0 Å². The molecule has 5 rings (SSSR count). The molecule has 1 saturated heterocycles. The third-order valence-electron chi connectivity index (χ3n) is 6.19. The second-order valence-corrected chi connectivity index (χ2v) is 8.32. The Balaban J connectivity index is 1.62. The van der Waals surface area contributed by atoms with Gasteiger partial charge in [0.05, 0.1) is 22.5 Å². The van der Waals surface area contributed by atoms with Crippen molar-refractivity contribution in [3.05, 3.63) is 77.5 Å². The lowest BCUT2D eigenvalue weighted by Crippen LogP contribution is -2.40. The Morgan fingerprint density at radius 3 is 2.69 bits per heavy atom. The van der Waals surface area contributed by atoms with Gasteiger partial charge in [0, 0.05) is 55.6 Å². The van der Waals surface area contributed by atoms with Gasteiger partial charge in [0.2, 0.25) is 5.91 Å². The van der Waals surface area contributed by atoms with Crippen LogP contribution in [-0.2, 0) is 4.79 Å². The quantitative estimate of drug-likeness (QED) is 0.456. The fraction of sp³-hybridized carbons (Fsp3) is 0.200. The van der Waals surface area contributed by atoms with Crippen LogP contribution in [0.1, 0.15) is 24.4 Å². The van der Waals surface area contributed by atoms with E-state index in [-0.39, 0.29) is 23.2 Å². The third-order valence-corrected chi connectivity index (χ3v) is 6.19. The van der Waals surface area contributed by atoms with Crippen molar-refractivity contribution < 1.29 is 4.79 Å². The van der Waals surface area contributed by atoms with Gasteiger partial charge < -0.3 is 15.2 Å². The molecule has 4 aromatic heterocycles. The van der Waals surface area contributed by atoms with Crippen molar-refractivity contribution in [1.29, 1.82) is 5.26 Å². The fourth-order valence-corrected chi connectivity index (χ4v) is 4.47. The van der Waals surface area contributed by atoms with Crippen LogP contribution in [0.15, 0.2) is 66.5 Å². The molecule has 0 bridgehead atoms. The summed E-state index contributed by atoms with van der Waals surface area (Å²) in [6.07, 6.45) is 9.34. The summed E-state index contributed by atoms with van der Waals surface area (Å²) in [5, 5.41) is 15.3. The maximum absolute atomic E-state index is 12.2. The first kappa shape index (κ1) is 22.0. The number of nitriles is 1. The zero-order chi connectivity index (χ0) is 24.5. The Hall–Kier alpha value is -4.78. The number of pyridine rings is 3. The van der Waals surface area contributed by atoms with Crippen LogP contribution >= 0.6 is 0 Å². The molecular weight excluding hydrogens is 444 g/mol. The fourth-order valence-electron chi connectivity index (χ4n) is 4.47. The Morgan fingerprint density at radius 2 is 2.00 bits per heavy atom. The van der Waals surface area contributed by atoms with Gasteiger partial charge in [-0.3, -0.25) is 14.3 Å². The molecule has 5 heterocycles. The molecular formula is C25H22N8O2. The van der Waals surface area contributed by atoms with Gasteiger partial charge in [-0.2, -0.15) is 10.4 Å². The van der Waals surface area contributed by atoms with Gasteiger partial charge in [0.15, 0.2) is 5.43 Å². The third kappa shape index (κ3) is 3.93. The highest BCUT2D eigenvalue weighted by Gasteiger charge is 2.28. The topological polar surface area (TPSA) is 136 Å². The first-order valence-corrected chi connectivity index (χ1v) is 11.1. The Labute approximate surface area is 200 Å². The maximum atomic E-state index is 12.2. The number of aromatic nitrogens is 5. The smallest absolute Gasteiger partial charge is 0.246 e. The van der Waals surface area contributed by atoms with Gasteiger partial charge >= 0.3 is 0 Å². The molecule has 1 aliphatic heterocycles. The summed E-state index contributed by atoms with van der Waals surface area (Å²) in [4.78, 5) is 34.1. The van der Waals surface area contributed by atoms with Gasteiger partial charge in [-0.1, -0.05) is 6.58 Å². The number of anilines is 1. The standard InChI is InChI=1S/C25H22N8O2/c1-2-21(35)32-9-3-4-18(15-32)33-24-17(12-26)14-29-25(27)22(24)23(30-33)16-5-6-20(28-13-16)31-10-7-19(34)8-11-31/h2,5-8,10-11,13-14,18H,1,3-4,9,15H2,(H2,27,29)/t18-/m1/s1. The summed E-state index contributed by atoms with van der Waals surface area (Å²) in [6.45, 7) is 4.70. The molecule has 0 spiro atoms. The first-order valence-electron chi connectivity index (χ1n) is 11.1. The number of nitrogens with zero attached hydrogens (tertiary/aromatic N) is 7. The van der Waals surface area contributed by atoms with Crippen LogP contribution in [0.3, 0.4) is 0 Å². The predicted octanol–water partition coefficient (Wildman–Crippen LogP) is 2.45. The van der Waals surface area contributed by atoms with Gasteiger partial charge in [0.1, 0.15) is 23.4 Å². The molecule has 10 nitrogen and oxygen atoms in total. The minimum absolute atomic E-state index is 0.0813. The van der Waals surface area contributed by atoms with Crippen molar-refractivity contribution in [3.8, 4) is 23.1 Å². The largest absolute Gasteiger partial charge is 0.383 e. The molecule has 1 amide bonds. The summed E-state index contributed by atoms with van der Waals surface area (Å²) in [6, 6.07) is 8.67. The molecule has 4 aromatic rings. The van der Waals surface area contributed by atoms with Crippen molar-refractivity contribution in [1.82, 2.24) is 29.2 Å². The first-order chi connectivity index (χ1) is 17.0. The molecule has 0 radical (unpaired) electrons. The molecule has 2 N–H and O–H groups in total. The molecule has 0 aliphatic carbocycles. The SMILES string of the molecule is C=CC(=O)N1CCC[C@@H](n2nc(-c3ccc(-n4ccc(=O)cc4)nc3)c3c(N)ncc(C#N)c32)C1. The molecule has 0 aromatic carbocycles. The Bertz CT molecular complexity index is 1520. The summed E-state index contributed by atoms with van der Waals surface area (Å²) in [5.74, 6) is 0.766. The number of carbonyl (C=O) groups excluding carboxylic acids is 1. The second kappa shape index (κ2) is 8.87. The summed E-state index contributed by atoms with van der Waals surface area (Å²) >= 11 is 0. The number of carbonyl (C=O) groups is 1. The van der Waals surface area contributed by atoms with Gasteiger partial charge in [-0.05, 0) is 31.1 Å². The summed E-state index contributed by atoms with van der Waals surface area (Å²) < 4.78 is 3.54. The summed E-state index contributed by atoms with van der Waals surface area (Å²) in [5.41, 5.74) is 8.43. The van der Waals surface area contributed by atoms with E-state index in [9.17, 15) is 14.9 Å². The summed E-state index contributed by atoms with van der Waals surface area (Å²) in [7, 11) is 0. The number of piperidine rings is 1. The number of nitrogens with two attached hydrogens (primary N) is 1. The average Bonchev–Trinajstić information content (AvgIpc) is 3.31. The zero-order valence-electron chi connectivity index (χ0n) is 18.8. The van der Waals surface area contributed by atoms with Crippen molar-refractivity contribution in [2.24, 2.45) is 0 Å². The molecule has 35 heavy (non-hydrogen) atoms. The number of nitrogen functional groups attached to an aromatic ring is 1. The van der Waals surface area contributed by atoms with E-state index >= 15 is 0 Å². The van der Waals surface area contributed by atoms with E-state index in [4.69, 9.17) is 10.8 Å². The molecule has 10 heteroatoms. The van der Waals surface area contributed by atoms with E-state index < -0.39 is 0 Å². The number of likely N-dealkylation sites (tertiary alicyclic amines) is 1. The van der Waals surface area contributed by atoms with Gasteiger partial charge in [-0.25, -0.2) is 9.97 Å². The number of rotatable bonds is 4.